The molecule has 5 rings (SSSR count). The molecule has 2 bridgehead atoms. The molecule has 2 aromatic heterocycles. The van der Waals surface area contributed by atoms with Crippen molar-refractivity contribution >= 4 is 40.2 Å². The zero-order chi connectivity index (χ0) is 20.0. The van der Waals surface area contributed by atoms with Gasteiger partial charge in [-0.3, -0.25) is 19.4 Å². The molecule has 8 nitrogen and oxygen atoms in total. The SMILES string of the molecule is O=c1[nH]c(NCc2ccc(Cl)c(Cl)c2)nc2cnn(CCN3C[C@@H]4C[C@H]3CO4)c12. The number of aromatic amines is 1. The van der Waals surface area contributed by atoms with Crippen molar-refractivity contribution in [2.24, 2.45) is 0 Å². The van der Waals surface area contributed by atoms with E-state index in [2.05, 4.69) is 25.3 Å². The second kappa shape index (κ2) is 7.60. The highest BCUT2D eigenvalue weighted by atomic mass is 35.5. The van der Waals surface area contributed by atoms with Crippen molar-refractivity contribution in [2.75, 3.05) is 25.0 Å². The largest absolute Gasteiger partial charge is 0.375 e. The van der Waals surface area contributed by atoms with Gasteiger partial charge >= 0.3 is 0 Å². The molecule has 0 spiro atoms. The Bertz CT molecular complexity index is 1110. The lowest BCUT2D eigenvalue weighted by molar-refractivity contribution is 0.0291. The maximum absolute atomic E-state index is 12.6. The Balaban J connectivity index is 1.29. The number of benzene rings is 1. The molecule has 3 aromatic rings. The van der Waals surface area contributed by atoms with E-state index in [9.17, 15) is 4.79 Å². The lowest BCUT2D eigenvalue weighted by Gasteiger charge is -2.26. The average Bonchev–Trinajstić information content (AvgIpc) is 3.43. The van der Waals surface area contributed by atoms with Crippen LogP contribution in [0.1, 0.15) is 12.0 Å². The summed E-state index contributed by atoms with van der Waals surface area (Å²) in [7, 11) is 0. The number of halogens is 2. The Morgan fingerprint density at radius 3 is 2.93 bits per heavy atom. The molecule has 29 heavy (non-hydrogen) atoms. The number of morpholine rings is 1. The van der Waals surface area contributed by atoms with Crippen molar-refractivity contribution in [3.63, 3.8) is 0 Å². The van der Waals surface area contributed by atoms with Gasteiger partial charge in [-0.2, -0.15) is 5.10 Å². The van der Waals surface area contributed by atoms with Crippen LogP contribution in [0.5, 0.6) is 0 Å². The van der Waals surface area contributed by atoms with Crippen molar-refractivity contribution < 1.29 is 4.74 Å². The monoisotopic (exact) mass is 434 g/mol. The maximum atomic E-state index is 12.6. The number of H-pyrrole nitrogens is 1. The summed E-state index contributed by atoms with van der Waals surface area (Å²) in [6.45, 7) is 3.71. The van der Waals surface area contributed by atoms with Gasteiger partial charge in [0, 0.05) is 25.7 Å². The first kappa shape index (κ1) is 18.9. The highest BCUT2D eigenvalue weighted by molar-refractivity contribution is 6.42. The van der Waals surface area contributed by atoms with Gasteiger partial charge in [-0.05, 0) is 24.1 Å². The van der Waals surface area contributed by atoms with Crippen LogP contribution in [0.25, 0.3) is 11.0 Å². The topological polar surface area (TPSA) is 88.1 Å². The van der Waals surface area contributed by atoms with Gasteiger partial charge in [-0.25, -0.2) is 4.98 Å². The number of rotatable bonds is 6. The number of anilines is 1. The number of nitrogens with zero attached hydrogens (tertiary/aromatic N) is 4. The van der Waals surface area contributed by atoms with Gasteiger partial charge in [0.25, 0.3) is 5.56 Å². The smallest absolute Gasteiger partial charge is 0.278 e. The lowest BCUT2D eigenvalue weighted by Crippen LogP contribution is -2.39. The minimum Gasteiger partial charge on any atom is -0.375 e. The predicted molar refractivity (Wildman–Crippen MR) is 112 cm³/mol. The van der Waals surface area contributed by atoms with Crippen LogP contribution in [0, 0.1) is 0 Å². The van der Waals surface area contributed by atoms with Gasteiger partial charge < -0.3 is 10.1 Å². The van der Waals surface area contributed by atoms with Crippen LogP contribution in [0.15, 0.2) is 29.2 Å². The van der Waals surface area contributed by atoms with Gasteiger partial charge in [-0.1, -0.05) is 29.3 Å². The van der Waals surface area contributed by atoms with E-state index in [0.29, 0.717) is 52.3 Å². The molecule has 2 aliphatic heterocycles. The highest BCUT2D eigenvalue weighted by Crippen LogP contribution is 2.27. The molecule has 0 aliphatic carbocycles. The van der Waals surface area contributed by atoms with Crippen LogP contribution in [-0.4, -0.2) is 56.5 Å². The van der Waals surface area contributed by atoms with Crippen molar-refractivity contribution in [1.29, 1.82) is 0 Å². The van der Waals surface area contributed by atoms with Crippen LogP contribution in [-0.2, 0) is 17.8 Å². The van der Waals surface area contributed by atoms with E-state index in [1.807, 2.05) is 6.07 Å². The second-order valence-electron chi connectivity index (χ2n) is 7.46. The molecule has 0 unspecified atom stereocenters. The number of ether oxygens (including phenoxy) is 1. The number of hydrogen-bond acceptors (Lipinski definition) is 6. The molecule has 2 saturated heterocycles. The molecule has 2 N–H and O–H groups in total. The van der Waals surface area contributed by atoms with E-state index >= 15 is 0 Å². The van der Waals surface area contributed by atoms with E-state index in [0.717, 1.165) is 31.7 Å². The minimum atomic E-state index is -0.213. The first-order valence-electron chi connectivity index (χ1n) is 9.56. The van der Waals surface area contributed by atoms with Crippen LogP contribution in [0.3, 0.4) is 0 Å². The molecule has 152 valence electrons. The molecule has 2 fully saturated rings. The predicted octanol–water partition coefficient (Wildman–Crippen LogP) is 2.51. The zero-order valence-electron chi connectivity index (χ0n) is 15.6. The zero-order valence-corrected chi connectivity index (χ0v) is 17.1. The highest BCUT2D eigenvalue weighted by Gasteiger charge is 2.38. The van der Waals surface area contributed by atoms with Gasteiger partial charge in [-0.15, -0.1) is 0 Å². The summed E-state index contributed by atoms with van der Waals surface area (Å²) in [6.07, 6.45) is 3.10. The fraction of sp³-hybridized carbons (Fsp3) is 0.421. The number of hydrogen-bond donors (Lipinski definition) is 2. The normalized spacial score (nSPS) is 21.3. The summed E-state index contributed by atoms with van der Waals surface area (Å²) >= 11 is 12.0. The Labute approximate surface area is 176 Å². The van der Waals surface area contributed by atoms with E-state index in [-0.39, 0.29) is 5.56 Å². The summed E-state index contributed by atoms with van der Waals surface area (Å²) in [6, 6.07) is 5.88. The fourth-order valence-electron chi connectivity index (χ4n) is 4.07. The van der Waals surface area contributed by atoms with Gasteiger partial charge in [0.1, 0.15) is 5.52 Å². The minimum absolute atomic E-state index is 0.213. The van der Waals surface area contributed by atoms with E-state index in [1.54, 1.807) is 23.0 Å². The molecule has 0 saturated carbocycles. The van der Waals surface area contributed by atoms with Crippen LogP contribution in [0.4, 0.5) is 5.95 Å². The number of aromatic nitrogens is 4. The Hall–Kier alpha value is -2.13. The molecule has 10 heteroatoms. The van der Waals surface area contributed by atoms with E-state index in [1.165, 1.54) is 0 Å². The first-order chi connectivity index (χ1) is 14.1. The molecule has 0 radical (unpaired) electrons. The average molecular weight is 435 g/mol. The first-order valence-corrected chi connectivity index (χ1v) is 10.3. The fourth-order valence-corrected chi connectivity index (χ4v) is 4.39. The van der Waals surface area contributed by atoms with Gasteiger partial charge in [0.05, 0.1) is 35.5 Å². The quantitative estimate of drug-likeness (QED) is 0.619. The van der Waals surface area contributed by atoms with Gasteiger partial charge in [0.15, 0.2) is 5.52 Å². The molecule has 2 atom stereocenters. The molecule has 1 aromatic carbocycles. The molecule has 2 aliphatic rings. The summed E-state index contributed by atoms with van der Waals surface area (Å²) in [5.41, 5.74) is 1.78. The lowest BCUT2D eigenvalue weighted by atomic mass is 10.2. The van der Waals surface area contributed by atoms with Crippen molar-refractivity contribution in [2.45, 2.75) is 31.7 Å². The van der Waals surface area contributed by atoms with E-state index in [4.69, 9.17) is 27.9 Å². The van der Waals surface area contributed by atoms with E-state index < -0.39 is 0 Å². The van der Waals surface area contributed by atoms with Crippen LogP contribution in [0.2, 0.25) is 10.0 Å². The summed E-state index contributed by atoms with van der Waals surface area (Å²) in [4.78, 5) is 22.3. The van der Waals surface area contributed by atoms with Crippen molar-refractivity contribution in [3.05, 3.63) is 50.4 Å². The molecule has 0 amide bonds. The van der Waals surface area contributed by atoms with Crippen molar-refractivity contribution in [3.8, 4) is 0 Å². The van der Waals surface area contributed by atoms with Crippen LogP contribution >= 0.6 is 23.2 Å². The Morgan fingerprint density at radius 1 is 1.28 bits per heavy atom. The van der Waals surface area contributed by atoms with Crippen molar-refractivity contribution in [1.82, 2.24) is 24.6 Å². The summed E-state index contributed by atoms with van der Waals surface area (Å²) in [5.74, 6) is 0.391. The molecule has 4 heterocycles. The summed E-state index contributed by atoms with van der Waals surface area (Å²) < 4.78 is 7.37. The number of nitrogens with one attached hydrogen (secondary N) is 2. The third kappa shape index (κ3) is 3.73. The van der Waals surface area contributed by atoms with Gasteiger partial charge in [0.2, 0.25) is 5.95 Å². The number of fused-ring (bicyclic) bond motifs is 3. The maximum Gasteiger partial charge on any atom is 0.278 e. The Morgan fingerprint density at radius 2 is 2.17 bits per heavy atom. The third-order valence-corrected chi connectivity index (χ3v) is 6.30. The summed E-state index contributed by atoms with van der Waals surface area (Å²) in [5, 5.41) is 8.49. The standard InChI is InChI=1S/C19H20Cl2N6O2/c20-14-2-1-11(5-15(14)21)7-22-19-24-16-8-23-27(17(16)18(28)25-19)4-3-26-9-13-6-12(26)10-29-13/h1-2,5,8,12-13H,3-4,6-7,9-10H2,(H2,22,24,25,28)/t12-,13-/m0/s1. The second-order valence-corrected chi connectivity index (χ2v) is 8.27. The molecular formula is C19H20Cl2N6O2. The Kier molecular flexibility index (Phi) is 4.95. The third-order valence-electron chi connectivity index (χ3n) is 5.56. The molecular weight excluding hydrogens is 415 g/mol. The van der Waals surface area contributed by atoms with Crippen LogP contribution < -0.4 is 10.9 Å². The number of likely N-dealkylation sites (tertiary alicyclic amines) is 1.